The van der Waals surface area contributed by atoms with Gasteiger partial charge in [0, 0.05) is 42.6 Å². The van der Waals surface area contributed by atoms with Crippen molar-refractivity contribution in [1.82, 2.24) is 9.88 Å². The van der Waals surface area contributed by atoms with E-state index < -0.39 is 0 Å². The molecular formula is C23H28N2O2. The SMILES string of the molecule is O=C(CCCC(=O)N1CCCC2CCCCC21)c1ccnc2ccccc12. The number of carbonyl (C=O) groups excluding carboxylic acids is 2. The molecule has 1 amide bonds. The number of carbonyl (C=O) groups is 2. The summed E-state index contributed by atoms with van der Waals surface area (Å²) < 4.78 is 0. The maximum atomic E-state index is 12.8. The van der Waals surface area contributed by atoms with Crippen molar-refractivity contribution in [3.05, 3.63) is 42.1 Å². The van der Waals surface area contributed by atoms with Crippen LogP contribution in [0.5, 0.6) is 0 Å². The van der Waals surface area contributed by atoms with E-state index >= 15 is 0 Å². The monoisotopic (exact) mass is 364 g/mol. The fourth-order valence-corrected chi connectivity index (χ4v) is 4.95. The molecule has 4 nitrogen and oxygen atoms in total. The molecule has 4 heteroatoms. The number of Topliss-reactive ketones (excluding diaryl/α,β-unsaturated/α-hetero) is 1. The number of nitrogens with zero attached hydrogens (tertiary/aromatic N) is 2. The van der Waals surface area contributed by atoms with Gasteiger partial charge in [0.05, 0.1) is 5.52 Å². The molecule has 1 aliphatic carbocycles. The maximum absolute atomic E-state index is 12.8. The first-order valence-electron chi connectivity index (χ1n) is 10.4. The van der Waals surface area contributed by atoms with E-state index in [4.69, 9.17) is 0 Å². The number of piperidine rings is 1. The normalized spacial score (nSPS) is 22.4. The van der Waals surface area contributed by atoms with Crippen LogP contribution in [-0.4, -0.2) is 34.2 Å². The van der Waals surface area contributed by atoms with Gasteiger partial charge in [-0.1, -0.05) is 31.0 Å². The van der Waals surface area contributed by atoms with E-state index in [1.807, 2.05) is 24.3 Å². The molecule has 1 saturated heterocycles. The van der Waals surface area contributed by atoms with Crippen molar-refractivity contribution in [2.45, 2.75) is 63.8 Å². The first kappa shape index (κ1) is 18.1. The Hall–Kier alpha value is -2.23. The predicted octanol–water partition coefficient (Wildman–Crippen LogP) is 4.77. The summed E-state index contributed by atoms with van der Waals surface area (Å²) in [7, 11) is 0. The fourth-order valence-electron chi connectivity index (χ4n) is 4.95. The lowest BCUT2D eigenvalue weighted by Gasteiger charge is -2.44. The Labute approximate surface area is 161 Å². The predicted molar refractivity (Wildman–Crippen MR) is 107 cm³/mol. The van der Waals surface area contributed by atoms with Crippen molar-refractivity contribution in [3.8, 4) is 0 Å². The number of rotatable bonds is 5. The molecule has 1 aliphatic heterocycles. The van der Waals surface area contributed by atoms with Gasteiger partial charge in [-0.3, -0.25) is 14.6 Å². The van der Waals surface area contributed by atoms with Crippen LogP contribution in [0, 0.1) is 5.92 Å². The molecule has 0 spiro atoms. The van der Waals surface area contributed by atoms with Crippen molar-refractivity contribution in [2.24, 2.45) is 5.92 Å². The summed E-state index contributed by atoms with van der Waals surface area (Å²) >= 11 is 0. The van der Waals surface area contributed by atoms with E-state index in [1.165, 1.54) is 32.1 Å². The Morgan fingerprint density at radius 2 is 1.81 bits per heavy atom. The molecule has 2 aromatic rings. The Bertz CT molecular complexity index is 825. The highest BCUT2D eigenvalue weighted by molar-refractivity contribution is 6.07. The molecular weight excluding hydrogens is 336 g/mol. The summed E-state index contributed by atoms with van der Waals surface area (Å²) in [6, 6.07) is 9.98. The van der Waals surface area contributed by atoms with Gasteiger partial charge in [0.2, 0.25) is 5.91 Å². The summed E-state index contributed by atoms with van der Waals surface area (Å²) in [5.74, 6) is 1.07. The van der Waals surface area contributed by atoms with Crippen molar-refractivity contribution in [1.29, 1.82) is 0 Å². The van der Waals surface area contributed by atoms with Gasteiger partial charge in [-0.2, -0.15) is 0 Å². The molecule has 2 heterocycles. The minimum Gasteiger partial charge on any atom is -0.339 e. The third kappa shape index (κ3) is 3.90. The highest BCUT2D eigenvalue weighted by atomic mass is 16.2. The van der Waals surface area contributed by atoms with E-state index in [0.717, 1.165) is 29.4 Å². The molecule has 2 atom stereocenters. The molecule has 1 aromatic heterocycles. The van der Waals surface area contributed by atoms with E-state index in [0.29, 0.717) is 31.2 Å². The van der Waals surface area contributed by atoms with Gasteiger partial charge in [0.15, 0.2) is 5.78 Å². The number of likely N-dealkylation sites (tertiary alicyclic amines) is 1. The quantitative estimate of drug-likeness (QED) is 0.718. The average molecular weight is 364 g/mol. The van der Waals surface area contributed by atoms with Crippen LogP contribution in [0.2, 0.25) is 0 Å². The van der Waals surface area contributed by atoms with Gasteiger partial charge in [-0.05, 0) is 50.2 Å². The van der Waals surface area contributed by atoms with Gasteiger partial charge in [0.1, 0.15) is 0 Å². The maximum Gasteiger partial charge on any atom is 0.222 e. The second kappa shape index (κ2) is 8.20. The Morgan fingerprint density at radius 3 is 2.74 bits per heavy atom. The third-order valence-corrected chi connectivity index (χ3v) is 6.31. The zero-order valence-electron chi connectivity index (χ0n) is 15.9. The number of benzene rings is 1. The van der Waals surface area contributed by atoms with Crippen LogP contribution >= 0.6 is 0 Å². The van der Waals surface area contributed by atoms with Crippen LogP contribution in [0.15, 0.2) is 36.5 Å². The standard InChI is InChI=1S/C23H28N2O2/c26-22(19-14-15-24-20-10-3-2-9-18(19)20)12-5-13-23(27)25-16-6-8-17-7-1-4-11-21(17)25/h2-3,9-10,14-15,17,21H,1,4-8,11-13,16H2. The van der Waals surface area contributed by atoms with Crippen molar-refractivity contribution >= 4 is 22.6 Å². The van der Waals surface area contributed by atoms with Crippen molar-refractivity contribution in [3.63, 3.8) is 0 Å². The van der Waals surface area contributed by atoms with E-state index in [9.17, 15) is 9.59 Å². The molecule has 142 valence electrons. The zero-order chi connectivity index (χ0) is 18.6. The molecule has 0 N–H and O–H groups in total. The number of ketones is 1. The molecule has 1 aromatic carbocycles. The van der Waals surface area contributed by atoms with E-state index in [1.54, 1.807) is 12.3 Å². The molecule has 1 saturated carbocycles. The zero-order valence-corrected chi connectivity index (χ0v) is 15.9. The third-order valence-electron chi connectivity index (χ3n) is 6.31. The number of hydrogen-bond acceptors (Lipinski definition) is 3. The Kier molecular flexibility index (Phi) is 5.51. The van der Waals surface area contributed by atoms with Crippen LogP contribution in [-0.2, 0) is 4.79 Å². The molecule has 2 aliphatic rings. The highest BCUT2D eigenvalue weighted by Gasteiger charge is 2.35. The van der Waals surface area contributed by atoms with Gasteiger partial charge < -0.3 is 4.90 Å². The second-order valence-electron chi connectivity index (χ2n) is 7.99. The number of amides is 1. The van der Waals surface area contributed by atoms with E-state index in [-0.39, 0.29) is 11.7 Å². The van der Waals surface area contributed by atoms with Gasteiger partial charge in [-0.25, -0.2) is 0 Å². The number of aromatic nitrogens is 1. The van der Waals surface area contributed by atoms with Crippen LogP contribution in [0.4, 0.5) is 0 Å². The second-order valence-corrected chi connectivity index (χ2v) is 7.99. The van der Waals surface area contributed by atoms with Gasteiger partial charge in [-0.15, -0.1) is 0 Å². The molecule has 4 rings (SSSR count). The lowest BCUT2D eigenvalue weighted by Crippen LogP contribution is -2.49. The summed E-state index contributed by atoms with van der Waals surface area (Å²) in [5.41, 5.74) is 1.56. The van der Waals surface area contributed by atoms with Crippen LogP contribution in [0.25, 0.3) is 10.9 Å². The minimum atomic E-state index is 0.107. The minimum absolute atomic E-state index is 0.107. The largest absolute Gasteiger partial charge is 0.339 e. The van der Waals surface area contributed by atoms with E-state index in [2.05, 4.69) is 9.88 Å². The molecule has 2 unspecified atom stereocenters. The van der Waals surface area contributed by atoms with Gasteiger partial charge in [0.25, 0.3) is 0 Å². The summed E-state index contributed by atoms with van der Waals surface area (Å²) in [4.78, 5) is 31.9. The van der Waals surface area contributed by atoms with Gasteiger partial charge >= 0.3 is 0 Å². The topological polar surface area (TPSA) is 50.3 Å². The molecule has 0 bridgehead atoms. The average Bonchev–Trinajstić information content (AvgIpc) is 2.72. The smallest absolute Gasteiger partial charge is 0.222 e. The van der Waals surface area contributed by atoms with Crippen LogP contribution < -0.4 is 0 Å². The molecule has 0 radical (unpaired) electrons. The van der Waals surface area contributed by atoms with Crippen molar-refractivity contribution in [2.75, 3.05) is 6.54 Å². The first-order chi connectivity index (χ1) is 13.2. The number of hydrogen-bond donors (Lipinski definition) is 0. The summed E-state index contributed by atoms with van der Waals surface area (Å²) in [6.45, 7) is 0.906. The van der Waals surface area contributed by atoms with Crippen LogP contribution in [0.3, 0.4) is 0 Å². The Balaban J connectivity index is 1.35. The molecule has 27 heavy (non-hydrogen) atoms. The molecule has 2 fully saturated rings. The Morgan fingerprint density at radius 1 is 1.00 bits per heavy atom. The fraction of sp³-hybridized carbons (Fsp3) is 0.522. The summed E-state index contributed by atoms with van der Waals surface area (Å²) in [6.07, 6.45) is 10.6. The van der Waals surface area contributed by atoms with Crippen molar-refractivity contribution < 1.29 is 9.59 Å². The number of fused-ring (bicyclic) bond motifs is 2. The number of para-hydroxylation sites is 1. The number of pyridine rings is 1. The van der Waals surface area contributed by atoms with Crippen LogP contribution in [0.1, 0.15) is 68.1 Å². The summed E-state index contributed by atoms with van der Waals surface area (Å²) in [5, 5.41) is 0.900. The lowest BCUT2D eigenvalue weighted by atomic mass is 9.78. The lowest BCUT2D eigenvalue weighted by molar-refractivity contribution is -0.137. The first-order valence-corrected chi connectivity index (χ1v) is 10.4. The highest BCUT2D eigenvalue weighted by Crippen LogP contribution is 2.35.